The number of carbonyl (C=O) groups is 2. The van der Waals surface area contributed by atoms with Gasteiger partial charge in [0.15, 0.2) is 6.54 Å². The first-order chi connectivity index (χ1) is 13.1. The van der Waals surface area contributed by atoms with Crippen molar-refractivity contribution in [2.45, 2.75) is 39.2 Å². The van der Waals surface area contributed by atoms with E-state index in [0.29, 0.717) is 29.8 Å². The molecule has 1 aliphatic rings. The summed E-state index contributed by atoms with van der Waals surface area (Å²) in [5.41, 5.74) is 2.18. The number of hydrogen-bond acceptors (Lipinski definition) is 4. The molecule has 1 aromatic heterocycles. The number of thiophene rings is 1. The van der Waals surface area contributed by atoms with Crippen LogP contribution in [0.2, 0.25) is 0 Å². The smallest absolute Gasteiger partial charge is 0.341 e. The highest BCUT2D eigenvalue weighted by Gasteiger charge is 2.27. The third kappa shape index (κ3) is 4.76. The summed E-state index contributed by atoms with van der Waals surface area (Å²) in [5, 5.41) is 5.45. The molecular formula is C21H27N2O3S+. The molecule has 5 nitrogen and oxygen atoms in total. The minimum Gasteiger partial charge on any atom is -0.462 e. The van der Waals surface area contributed by atoms with Crippen molar-refractivity contribution >= 4 is 28.2 Å². The van der Waals surface area contributed by atoms with Crippen molar-refractivity contribution in [3.05, 3.63) is 41.3 Å². The molecule has 1 aromatic carbocycles. The van der Waals surface area contributed by atoms with Gasteiger partial charge in [-0.25, -0.2) is 4.79 Å². The molecule has 6 heteroatoms. The Balaban J connectivity index is 1.81. The van der Waals surface area contributed by atoms with Crippen LogP contribution in [0.25, 0.3) is 11.1 Å². The van der Waals surface area contributed by atoms with Gasteiger partial charge in [0.05, 0.1) is 19.2 Å². The van der Waals surface area contributed by atoms with E-state index in [-0.39, 0.29) is 5.91 Å². The molecule has 2 N–H and O–H groups in total. The van der Waals surface area contributed by atoms with Crippen molar-refractivity contribution in [1.82, 2.24) is 0 Å². The number of likely N-dealkylation sites (tertiary alicyclic amines) is 1. The number of quaternary nitrogens is 1. The van der Waals surface area contributed by atoms with Crippen molar-refractivity contribution in [3.8, 4) is 11.1 Å². The number of esters is 1. The van der Waals surface area contributed by atoms with Crippen molar-refractivity contribution in [1.29, 1.82) is 0 Å². The van der Waals surface area contributed by atoms with Gasteiger partial charge in [0.2, 0.25) is 0 Å². The van der Waals surface area contributed by atoms with Gasteiger partial charge < -0.3 is 15.0 Å². The number of hydrogen-bond donors (Lipinski definition) is 2. The fourth-order valence-electron chi connectivity index (χ4n) is 3.58. The number of piperidine rings is 1. The number of amides is 1. The van der Waals surface area contributed by atoms with Crippen LogP contribution in [0.4, 0.5) is 5.00 Å². The van der Waals surface area contributed by atoms with E-state index in [1.165, 1.54) is 22.7 Å². The molecule has 2 aromatic rings. The molecule has 0 aliphatic carbocycles. The highest BCUT2D eigenvalue weighted by molar-refractivity contribution is 7.15. The molecule has 0 bridgehead atoms. The molecule has 2 atom stereocenters. The number of rotatable bonds is 6. The maximum Gasteiger partial charge on any atom is 0.341 e. The molecule has 1 fully saturated rings. The Hall–Kier alpha value is -2.18. The van der Waals surface area contributed by atoms with Crippen LogP contribution in [-0.2, 0) is 9.53 Å². The maximum absolute atomic E-state index is 12.6. The SMILES string of the molecule is CCOC(=O)c1c(-c2ccccc2)csc1NC(=O)C[NH+]1CCCCC1C. The highest BCUT2D eigenvalue weighted by atomic mass is 32.1. The fraction of sp³-hybridized carbons (Fsp3) is 0.429. The molecular weight excluding hydrogens is 360 g/mol. The van der Waals surface area contributed by atoms with Crippen molar-refractivity contribution in [2.24, 2.45) is 0 Å². The average Bonchev–Trinajstić information content (AvgIpc) is 3.08. The minimum absolute atomic E-state index is 0.0502. The third-order valence-electron chi connectivity index (χ3n) is 5.08. The van der Waals surface area contributed by atoms with Gasteiger partial charge in [0.1, 0.15) is 10.6 Å². The molecule has 2 heterocycles. The van der Waals surface area contributed by atoms with Crippen LogP contribution in [-0.4, -0.2) is 37.6 Å². The van der Waals surface area contributed by atoms with Gasteiger partial charge in [-0.1, -0.05) is 30.3 Å². The van der Waals surface area contributed by atoms with E-state index in [0.717, 1.165) is 30.5 Å². The van der Waals surface area contributed by atoms with Gasteiger partial charge in [-0.05, 0) is 38.7 Å². The van der Waals surface area contributed by atoms with Crippen LogP contribution in [0, 0.1) is 0 Å². The average molecular weight is 388 g/mol. The van der Waals surface area contributed by atoms with E-state index in [1.807, 2.05) is 35.7 Å². The van der Waals surface area contributed by atoms with Gasteiger partial charge in [0.25, 0.3) is 5.91 Å². The van der Waals surface area contributed by atoms with Gasteiger partial charge in [0, 0.05) is 10.9 Å². The van der Waals surface area contributed by atoms with E-state index < -0.39 is 5.97 Å². The summed E-state index contributed by atoms with van der Waals surface area (Å²) in [6.07, 6.45) is 3.57. The molecule has 0 radical (unpaired) electrons. The van der Waals surface area contributed by atoms with E-state index in [2.05, 4.69) is 12.2 Å². The summed E-state index contributed by atoms with van der Waals surface area (Å²) >= 11 is 1.37. The largest absolute Gasteiger partial charge is 0.462 e. The summed E-state index contributed by atoms with van der Waals surface area (Å²) in [7, 11) is 0. The summed E-state index contributed by atoms with van der Waals surface area (Å²) < 4.78 is 5.25. The number of nitrogens with one attached hydrogen (secondary N) is 2. The minimum atomic E-state index is -0.397. The van der Waals surface area contributed by atoms with E-state index >= 15 is 0 Å². The number of carbonyl (C=O) groups excluding carboxylic acids is 2. The molecule has 2 unspecified atom stereocenters. The highest BCUT2D eigenvalue weighted by Crippen LogP contribution is 2.36. The maximum atomic E-state index is 12.6. The zero-order valence-corrected chi connectivity index (χ0v) is 16.7. The monoisotopic (exact) mass is 387 g/mol. The van der Waals surface area contributed by atoms with Crippen LogP contribution >= 0.6 is 11.3 Å². The van der Waals surface area contributed by atoms with Crippen LogP contribution in [0.1, 0.15) is 43.5 Å². The zero-order valence-electron chi connectivity index (χ0n) is 15.9. The lowest BCUT2D eigenvalue weighted by molar-refractivity contribution is -0.920. The molecule has 0 spiro atoms. The Labute approximate surface area is 164 Å². The van der Waals surface area contributed by atoms with Crippen molar-refractivity contribution < 1.29 is 19.2 Å². The van der Waals surface area contributed by atoms with E-state index in [1.54, 1.807) is 6.92 Å². The number of anilines is 1. The molecule has 3 rings (SSSR count). The van der Waals surface area contributed by atoms with Gasteiger partial charge >= 0.3 is 5.97 Å². The Morgan fingerprint density at radius 3 is 2.74 bits per heavy atom. The van der Waals surface area contributed by atoms with Crippen molar-refractivity contribution in [3.63, 3.8) is 0 Å². The number of benzene rings is 1. The van der Waals surface area contributed by atoms with Gasteiger partial charge in [-0.2, -0.15) is 0 Å². The molecule has 27 heavy (non-hydrogen) atoms. The molecule has 144 valence electrons. The Morgan fingerprint density at radius 1 is 1.26 bits per heavy atom. The zero-order chi connectivity index (χ0) is 19.2. The van der Waals surface area contributed by atoms with Crippen molar-refractivity contribution in [2.75, 3.05) is 25.0 Å². The van der Waals surface area contributed by atoms with Crippen LogP contribution in [0.5, 0.6) is 0 Å². The lowest BCUT2D eigenvalue weighted by Crippen LogP contribution is -3.17. The van der Waals surface area contributed by atoms with Gasteiger partial charge in [-0.3, -0.25) is 4.79 Å². The molecule has 0 saturated carbocycles. The quantitative estimate of drug-likeness (QED) is 0.749. The topological polar surface area (TPSA) is 59.8 Å². The summed E-state index contributed by atoms with van der Waals surface area (Å²) in [6, 6.07) is 10.2. The Kier molecular flexibility index (Phi) is 6.63. The molecule has 1 aliphatic heterocycles. The van der Waals surface area contributed by atoms with E-state index in [9.17, 15) is 9.59 Å². The predicted molar refractivity (Wildman–Crippen MR) is 108 cm³/mol. The summed E-state index contributed by atoms with van der Waals surface area (Å²) in [4.78, 5) is 26.5. The van der Waals surface area contributed by atoms with Crippen LogP contribution in [0.3, 0.4) is 0 Å². The van der Waals surface area contributed by atoms with Crippen LogP contribution < -0.4 is 10.2 Å². The summed E-state index contributed by atoms with van der Waals surface area (Å²) in [6.45, 7) is 5.74. The molecule has 1 saturated heterocycles. The third-order valence-corrected chi connectivity index (χ3v) is 5.97. The lowest BCUT2D eigenvalue weighted by Gasteiger charge is -2.29. The Bertz CT molecular complexity index is 788. The predicted octanol–water partition coefficient (Wildman–Crippen LogP) is 2.99. The summed E-state index contributed by atoms with van der Waals surface area (Å²) in [5.74, 6) is -0.447. The Morgan fingerprint density at radius 2 is 2.04 bits per heavy atom. The first-order valence-electron chi connectivity index (χ1n) is 9.58. The lowest BCUT2D eigenvalue weighted by atomic mass is 10.0. The first kappa shape index (κ1) is 19.6. The number of ether oxygens (including phenoxy) is 1. The fourth-order valence-corrected chi connectivity index (χ4v) is 4.55. The second-order valence-corrected chi connectivity index (χ2v) is 7.85. The molecule has 1 amide bonds. The van der Waals surface area contributed by atoms with E-state index in [4.69, 9.17) is 4.74 Å². The first-order valence-corrected chi connectivity index (χ1v) is 10.5. The second kappa shape index (κ2) is 9.15. The standard InChI is InChI=1S/C21H26N2O3S/c1-3-26-21(25)19-17(16-10-5-4-6-11-16)14-27-20(19)22-18(24)13-23-12-8-7-9-15(23)2/h4-6,10-11,14-15H,3,7-9,12-13H2,1-2H3,(H,22,24)/p+1. The van der Waals surface area contributed by atoms with Crippen LogP contribution in [0.15, 0.2) is 35.7 Å². The van der Waals surface area contributed by atoms with Gasteiger partial charge in [-0.15, -0.1) is 11.3 Å². The normalized spacial score (nSPS) is 19.5. The second-order valence-electron chi connectivity index (χ2n) is 6.97.